The van der Waals surface area contributed by atoms with Gasteiger partial charge >= 0.3 is 18.0 Å². The van der Waals surface area contributed by atoms with Crippen LogP contribution in [0.5, 0.6) is 11.5 Å². The van der Waals surface area contributed by atoms with E-state index < -0.39 is 139 Å². The van der Waals surface area contributed by atoms with Crippen LogP contribution in [0.2, 0.25) is 0 Å². The van der Waals surface area contributed by atoms with Crippen molar-refractivity contribution in [3.63, 3.8) is 0 Å². The molecule has 2 aromatic rings. The molecule has 0 saturated heterocycles. The van der Waals surface area contributed by atoms with Gasteiger partial charge in [0, 0.05) is 0 Å². The molecule has 0 saturated carbocycles. The summed E-state index contributed by atoms with van der Waals surface area (Å²) >= 11 is 0. The second kappa shape index (κ2) is 15.7. The van der Waals surface area contributed by atoms with Crippen molar-refractivity contribution < 1.29 is 82.0 Å². The molecule has 0 fully saturated rings. The Morgan fingerprint density at radius 2 is 0.889 bits per heavy atom. The van der Waals surface area contributed by atoms with Crippen LogP contribution in [0.3, 0.4) is 0 Å². The molecule has 0 aliphatic carbocycles. The molecular weight excluding hydrogens is 644 g/mol. The lowest BCUT2D eigenvalue weighted by atomic mass is 10.2. The van der Waals surface area contributed by atoms with Crippen molar-refractivity contribution in [3.05, 3.63) is 58.2 Å². The number of benzene rings is 2. The Morgan fingerprint density at radius 1 is 0.578 bits per heavy atom. The Hall–Kier alpha value is -4.13. The number of alkyl carbamates (subject to hydrolysis) is 1. The number of amides is 1. The Balaban J connectivity index is 1.92. The fourth-order valence-corrected chi connectivity index (χ4v) is 3.05. The van der Waals surface area contributed by atoms with Crippen LogP contribution in [-0.2, 0) is 23.8 Å². The largest absolute Gasteiger partial charge is 0.444 e. The lowest BCUT2D eigenvalue weighted by molar-refractivity contribution is -0.136. The van der Waals surface area contributed by atoms with Gasteiger partial charge in [-0.15, -0.1) is 0 Å². The molecule has 0 atom stereocenters. The Morgan fingerprint density at radius 3 is 1.20 bits per heavy atom. The first-order valence-corrected chi connectivity index (χ1v) is 12.4. The van der Waals surface area contributed by atoms with Gasteiger partial charge in [-0.05, 0) is 20.8 Å². The number of nitrogens with one attached hydrogen (secondary N) is 1. The minimum Gasteiger partial charge on any atom is -0.444 e. The molecule has 0 aliphatic heterocycles. The first-order valence-electron chi connectivity index (χ1n) is 12.4. The second-order valence-electron chi connectivity index (χ2n) is 9.74. The zero-order valence-corrected chi connectivity index (χ0v) is 23.4. The third-order valence-electron chi connectivity index (χ3n) is 5.03. The Kier molecular flexibility index (Phi) is 13.0. The number of halogens is 10. The van der Waals surface area contributed by atoms with Gasteiger partial charge in [0.05, 0.1) is 45.3 Å². The maximum Gasteiger partial charge on any atom is 0.408 e. The highest BCUT2D eigenvalue weighted by Gasteiger charge is 2.30. The van der Waals surface area contributed by atoms with Crippen molar-refractivity contribution >= 4 is 18.0 Å². The zero-order valence-electron chi connectivity index (χ0n) is 23.4. The Labute approximate surface area is 247 Å². The normalized spacial score (nSPS) is 11.5. The fraction of sp³-hybridized carbons (Fsp3) is 0.423. The van der Waals surface area contributed by atoms with E-state index in [-0.39, 0.29) is 0 Å². The summed E-state index contributed by atoms with van der Waals surface area (Å²) in [6.45, 7) is 2.50. The third kappa shape index (κ3) is 10.2. The SMILES string of the molecule is CC(C)(C)OC(=O)NC(COCCC(=O)Oc1c(F)c(F)c(F)c(F)c1F)COCCC(=O)Oc1c(F)c(F)c(F)c(F)c1F. The van der Waals surface area contributed by atoms with E-state index >= 15 is 0 Å². The number of carbonyl (C=O) groups excluding carboxylic acids is 3. The van der Waals surface area contributed by atoms with Crippen LogP contribution < -0.4 is 14.8 Å². The van der Waals surface area contributed by atoms with E-state index in [0.29, 0.717) is 0 Å². The van der Waals surface area contributed by atoms with Gasteiger partial charge in [-0.25, -0.2) is 31.1 Å². The standard InChI is InChI=1S/C26H23F10NO8/c1-26(2,3)45-25(40)37-10(8-41-6-4-11(38)43-23-19(33)15(29)13(27)16(30)20(23)34)9-42-7-5-12(39)44-24-21(35)17(31)14(28)18(32)22(24)36/h10H,4-9H2,1-3H3,(H,37,40). The molecule has 2 rings (SSSR count). The van der Waals surface area contributed by atoms with Gasteiger partial charge in [-0.2, -0.15) is 17.6 Å². The predicted molar refractivity (Wildman–Crippen MR) is 128 cm³/mol. The molecule has 0 heterocycles. The summed E-state index contributed by atoms with van der Waals surface area (Å²) in [7, 11) is 0. The number of ether oxygens (including phenoxy) is 5. The van der Waals surface area contributed by atoms with Crippen molar-refractivity contribution in [2.45, 2.75) is 45.3 Å². The fourth-order valence-electron chi connectivity index (χ4n) is 3.05. The van der Waals surface area contributed by atoms with E-state index in [4.69, 9.17) is 14.2 Å². The van der Waals surface area contributed by atoms with E-state index in [2.05, 4.69) is 14.8 Å². The highest BCUT2D eigenvalue weighted by atomic mass is 19.2. The summed E-state index contributed by atoms with van der Waals surface area (Å²) in [6.07, 6.45) is -2.54. The summed E-state index contributed by atoms with van der Waals surface area (Å²) in [5, 5.41) is 2.32. The summed E-state index contributed by atoms with van der Waals surface area (Å²) < 4.78 is 158. The highest BCUT2D eigenvalue weighted by Crippen LogP contribution is 2.30. The molecule has 0 radical (unpaired) electrons. The Bertz CT molecular complexity index is 1280. The van der Waals surface area contributed by atoms with Crippen LogP contribution in [0.4, 0.5) is 48.7 Å². The monoisotopic (exact) mass is 667 g/mol. The lowest BCUT2D eigenvalue weighted by Gasteiger charge is -2.23. The van der Waals surface area contributed by atoms with Crippen LogP contribution in [0, 0.1) is 58.2 Å². The third-order valence-corrected chi connectivity index (χ3v) is 5.03. The van der Waals surface area contributed by atoms with Crippen molar-refractivity contribution in [1.29, 1.82) is 0 Å². The molecule has 9 nitrogen and oxygen atoms in total. The zero-order chi connectivity index (χ0) is 34.2. The van der Waals surface area contributed by atoms with Gasteiger partial charge in [-0.3, -0.25) is 9.59 Å². The smallest absolute Gasteiger partial charge is 0.408 e. The van der Waals surface area contributed by atoms with Crippen molar-refractivity contribution in [2.75, 3.05) is 26.4 Å². The van der Waals surface area contributed by atoms with E-state index in [1.54, 1.807) is 0 Å². The first kappa shape index (κ1) is 37.1. The first-order chi connectivity index (χ1) is 20.8. The van der Waals surface area contributed by atoms with E-state index in [1.165, 1.54) is 20.8 Å². The average molecular weight is 667 g/mol. The van der Waals surface area contributed by atoms with Crippen LogP contribution in [-0.4, -0.2) is 56.1 Å². The number of carbonyl (C=O) groups is 3. The maximum atomic E-state index is 13.7. The van der Waals surface area contributed by atoms with Gasteiger partial charge in [0.25, 0.3) is 0 Å². The minimum absolute atomic E-state index is 0.468. The van der Waals surface area contributed by atoms with Crippen LogP contribution in [0.1, 0.15) is 33.6 Å². The summed E-state index contributed by atoms with van der Waals surface area (Å²) in [6, 6.07) is -1.10. The molecule has 0 aliphatic rings. The molecule has 0 aromatic heterocycles. The molecule has 0 bridgehead atoms. The van der Waals surface area contributed by atoms with Gasteiger partial charge < -0.3 is 29.0 Å². The van der Waals surface area contributed by atoms with E-state index in [9.17, 15) is 58.3 Å². The molecule has 0 spiro atoms. The minimum atomic E-state index is -2.46. The van der Waals surface area contributed by atoms with Crippen molar-refractivity contribution in [1.82, 2.24) is 5.32 Å². The number of hydrogen-bond acceptors (Lipinski definition) is 8. The molecular formula is C26H23F10NO8. The van der Waals surface area contributed by atoms with E-state index in [0.717, 1.165) is 0 Å². The molecule has 0 unspecified atom stereocenters. The summed E-state index contributed by atoms with van der Waals surface area (Å²) in [4.78, 5) is 35.9. The average Bonchev–Trinajstić information content (AvgIpc) is 2.96. The molecule has 1 N–H and O–H groups in total. The molecule has 1 amide bonds. The lowest BCUT2D eigenvalue weighted by Crippen LogP contribution is -2.44. The maximum absolute atomic E-state index is 13.7. The highest BCUT2D eigenvalue weighted by molar-refractivity contribution is 5.73. The number of rotatable bonds is 13. The summed E-state index contributed by atoms with van der Waals surface area (Å²) in [5.74, 6) is -30.4. The van der Waals surface area contributed by atoms with Crippen LogP contribution >= 0.6 is 0 Å². The molecule has 19 heteroatoms. The van der Waals surface area contributed by atoms with E-state index in [1.807, 2.05) is 0 Å². The van der Waals surface area contributed by atoms with Gasteiger partial charge in [0.15, 0.2) is 0 Å². The predicted octanol–water partition coefficient (Wildman–Crippen LogP) is 5.30. The summed E-state index contributed by atoms with van der Waals surface area (Å²) in [5.41, 5.74) is -0.961. The number of hydrogen-bond donors (Lipinski definition) is 1. The number of esters is 2. The van der Waals surface area contributed by atoms with Crippen LogP contribution in [0.25, 0.3) is 0 Å². The van der Waals surface area contributed by atoms with Crippen molar-refractivity contribution in [3.8, 4) is 11.5 Å². The molecule has 45 heavy (non-hydrogen) atoms. The topological polar surface area (TPSA) is 109 Å². The molecule has 2 aromatic carbocycles. The van der Waals surface area contributed by atoms with Crippen LogP contribution in [0.15, 0.2) is 0 Å². The van der Waals surface area contributed by atoms with Gasteiger partial charge in [0.2, 0.25) is 69.7 Å². The molecule has 250 valence electrons. The second-order valence-corrected chi connectivity index (χ2v) is 9.74. The quantitative estimate of drug-likeness (QED) is 0.0767. The van der Waals surface area contributed by atoms with Gasteiger partial charge in [-0.1, -0.05) is 0 Å². The van der Waals surface area contributed by atoms with Crippen molar-refractivity contribution in [2.24, 2.45) is 0 Å². The van der Waals surface area contributed by atoms with Gasteiger partial charge in [0.1, 0.15) is 5.60 Å².